The van der Waals surface area contributed by atoms with Gasteiger partial charge in [0, 0.05) is 5.56 Å². The molecule has 0 atom stereocenters. The number of hydrogen-bond acceptors (Lipinski definition) is 4. The topological polar surface area (TPSA) is 92.8 Å². The van der Waals surface area contributed by atoms with Gasteiger partial charge in [-0.2, -0.15) is 13.5 Å². The third-order valence-electron chi connectivity index (χ3n) is 1.41. The fraction of sp³-hybridized carbons (Fsp3) is 0. The molecule has 72 valence electrons. The van der Waals surface area contributed by atoms with E-state index in [-0.39, 0.29) is 41.4 Å². The number of benzene rings is 1. The van der Waals surface area contributed by atoms with Crippen molar-refractivity contribution in [3.63, 3.8) is 0 Å². The Balaban J connectivity index is 0. The predicted molar refractivity (Wildman–Crippen MR) is 49.2 cm³/mol. The average molecular weight is 224 g/mol. The van der Waals surface area contributed by atoms with Crippen molar-refractivity contribution in [3.8, 4) is 0 Å². The summed E-state index contributed by atoms with van der Waals surface area (Å²) < 4.78 is 30.3. The molecule has 0 saturated heterocycles. The van der Waals surface area contributed by atoms with Crippen molar-refractivity contribution in [1.29, 1.82) is 0 Å². The van der Waals surface area contributed by atoms with Gasteiger partial charge >= 0.3 is 29.6 Å². The molecule has 0 radical (unpaired) electrons. The zero-order valence-corrected chi connectivity index (χ0v) is 10.4. The molecule has 0 amide bonds. The van der Waals surface area contributed by atoms with Gasteiger partial charge in [-0.15, -0.1) is 0 Å². The van der Waals surface area contributed by atoms with Crippen LogP contribution in [0.15, 0.2) is 34.3 Å². The summed E-state index contributed by atoms with van der Waals surface area (Å²) in [7, 11) is -4.20. The van der Waals surface area contributed by atoms with E-state index in [2.05, 4.69) is 5.10 Å². The van der Waals surface area contributed by atoms with Gasteiger partial charge in [-0.3, -0.25) is 4.55 Å². The Morgan fingerprint density at radius 2 is 2.00 bits per heavy atom. The summed E-state index contributed by atoms with van der Waals surface area (Å²) in [4.78, 5) is -0.204. The first-order valence-electron chi connectivity index (χ1n) is 3.35. The number of nitrogens with zero attached hydrogens (tertiary/aromatic N) is 1. The molecule has 0 bridgehead atoms. The van der Waals surface area contributed by atoms with Crippen LogP contribution in [0.25, 0.3) is 0 Å². The second-order valence-corrected chi connectivity index (χ2v) is 3.68. The zero-order chi connectivity index (χ0) is 9.90. The fourth-order valence-corrected chi connectivity index (χ4v) is 1.57. The van der Waals surface area contributed by atoms with Crippen LogP contribution < -0.4 is 35.4 Å². The predicted octanol–water partition coefficient (Wildman–Crippen LogP) is -2.66. The molecule has 14 heavy (non-hydrogen) atoms. The SMILES string of the molecule is N/N=C/c1ccccc1S(=O)(=O)O.[H-].[Na+]. The van der Waals surface area contributed by atoms with Gasteiger partial charge in [-0.25, -0.2) is 0 Å². The molecule has 0 aliphatic rings. The van der Waals surface area contributed by atoms with Crippen LogP contribution in [0.3, 0.4) is 0 Å². The first-order valence-corrected chi connectivity index (χ1v) is 4.79. The molecule has 1 aromatic carbocycles. The normalized spacial score (nSPS) is 11.2. The summed E-state index contributed by atoms with van der Waals surface area (Å²) in [6, 6.07) is 5.87. The average Bonchev–Trinajstić information content (AvgIpc) is 2.04. The Morgan fingerprint density at radius 3 is 2.50 bits per heavy atom. The largest absolute Gasteiger partial charge is 1.00 e. The molecular formula is C7H9N2NaO3S. The van der Waals surface area contributed by atoms with Gasteiger partial charge in [-0.05, 0) is 6.07 Å². The van der Waals surface area contributed by atoms with Gasteiger partial charge in [0.15, 0.2) is 0 Å². The van der Waals surface area contributed by atoms with Crippen LogP contribution in [0, 0.1) is 0 Å². The minimum Gasteiger partial charge on any atom is -1.00 e. The summed E-state index contributed by atoms with van der Waals surface area (Å²) >= 11 is 0. The molecule has 1 rings (SSSR count). The summed E-state index contributed by atoms with van der Waals surface area (Å²) in [5.74, 6) is 4.87. The minimum atomic E-state index is -4.20. The number of hydrazone groups is 1. The van der Waals surface area contributed by atoms with E-state index in [1.54, 1.807) is 6.07 Å². The fourth-order valence-electron chi connectivity index (χ4n) is 0.902. The molecule has 7 heteroatoms. The van der Waals surface area contributed by atoms with Crippen LogP contribution in [0.4, 0.5) is 0 Å². The molecule has 0 aliphatic heterocycles. The second-order valence-electron chi connectivity index (χ2n) is 2.29. The Labute approximate surface area is 106 Å². The van der Waals surface area contributed by atoms with Gasteiger partial charge in [0.05, 0.1) is 6.21 Å². The summed E-state index contributed by atoms with van der Waals surface area (Å²) in [5.41, 5.74) is 0.257. The first kappa shape index (κ1) is 13.6. The van der Waals surface area contributed by atoms with Crippen molar-refractivity contribution in [2.24, 2.45) is 10.9 Å². The first-order chi connectivity index (χ1) is 6.05. The second kappa shape index (κ2) is 5.47. The van der Waals surface area contributed by atoms with E-state index in [1.807, 2.05) is 0 Å². The van der Waals surface area contributed by atoms with Crippen molar-refractivity contribution in [3.05, 3.63) is 29.8 Å². The summed E-state index contributed by atoms with van der Waals surface area (Å²) in [5, 5.41) is 3.18. The van der Waals surface area contributed by atoms with E-state index >= 15 is 0 Å². The van der Waals surface area contributed by atoms with Crippen LogP contribution in [-0.2, 0) is 10.1 Å². The van der Waals surface area contributed by atoms with E-state index in [0.29, 0.717) is 0 Å². The molecule has 1 aromatic rings. The van der Waals surface area contributed by atoms with Crippen molar-refractivity contribution in [2.75, 3.05) is 0 Å². The van der Waals surface area contributed by atoms with E-state index < -0.39 is 10.1 Å². The van der Waals surface area contributed by atoms with Gasteiger partial charge < -0.3 is 7.27 Å². The van der Waals surface area contributed by atoms with Crippen LogP contribution in [0.2, 0.25) is 0 Å². The molecule has 0 heterocycles. The molecule has 0 spiro atoms. The van der Waals surface area contributed by atoms with Gasteiger partial charge in [0.25, 0.3) is 10.1 Å². The van der Waals surface area contributed by atoms with Crippen LogP contribution in [-0.4, -0.2) is 19.2 Å². The molecule has 0 aromatic heterocycles. The Morgan fingerprint density at radius 1 is 1.43 bits per heavy atom. The van der Waals surface area contributed by atoms with Gasteiger partial charge in [0.1, 0.15) is 4.90 Å². The minimum absolute atomic E-state index is 0. The molecule has 3 N–H and O–H groups in total. The molecule has 5 nitrogen and oxygen atoms in total. The molecule has 0 aliphatic carbocycles. The maximum Gasteiger partial charge on any atom is 1.00 e. The number of rotatable bonds is 2. The molecular weight excluding hydrogens is 215 g/mol. The van der Waals surface area contributed by atoms with Crippen LogP contribution >= 0.6 is 0 Å². The van der Waals surface area contributed by atoms with Crippen molar-refractivity contribution >= 4 is 16.3 Å². The Hall–Kier alpha value is -0.400. The third kappa shape index (κ3) is 3.39. The maximum absolute atomic E-state index is 10.8. The van der Waals surface area contributed by atoms with E-state index in [9.17, 15) is 8.42 Å². The molecule has 0 unspecified atom stereocenters. The number of hydrogen-bond donors (Lipinski definition) is 2. The summed E-state index contributed by atoms with van der Waals surface area (Å²) in [6.45, 7) is 0. The third-order valence-corrected chi connectivity index (χ3v) is 2.34. The Bertz CT molecular complexity index is 436. The van der Waals surface area contributed by atoms with Gasteiger partial charge in [0.2, 0.25) is 0 Å². The quantitative estimate of drug-likeness (QED) is 0.188. The standard InChI is InChI=1S/C7H8N2O3S.Na.H/c8-9-5-6-3-1-2-4-7(6)13(10,11)12;;/h1-5H,8H2,(H,10,11,12);;/q;+1;-1/b9-5+;;. The van der Waals surface area contributed by atoms with Crippen molar-refractivity contribution in [1.82, 2.24) is 0 Å². The maximum atomic E-state index is 10.8. The van der Waals surface area contributed by atoms with Crippen molar-refractivity contribution in [2.45, 2.75) is 4.90 Å². The van der Waals surface area contributed by atoms with E-state index in [4.69, 9.17) is 10.4 Å². The summed E-state index contributed by atoms with van der Waals surface area (Å²) in [6.07, 6.45) is 1.16. The van der Waals surface area contributed by atoms with E-state index in [0.717, 1.165) is 6.21 Å². The van der Waals surface area contributed by atoms with Crippen LogP contribution in [0.1, 0.15) is 6.99 Å². The van der Waals surface area contributed by atoms with Crippen molar-refractivity contribution < 1.29 is 44.0 Å². The van der Waals surface area contributed by atoms with Crippen LogP contribution in [0.5, 0.6) is 0 Å². The smallest absolute Gasteiger partial charge is 1.00 e. The zero-order valence-electron chi connectivity index (χ0n) is 8.58. The van der Waals surface area contributed by atoms with Gasteiger partial charge in [-0.1, -0.05) is 18.2 Å². The van der Waals surface area contributed by atoms with E-state index in [1.165, 1.54) is 18.2 Å². The molecule has 0 saturated carbocycles. The molecule has 0 fully saturated rings. The monoisotopic (exact) mass is 224 g/mol. The Kier molecular flexibility index (Phi) is 5.32. The number of nitrogens with two attached hydrogens (primary N) is 1.